The summed E-state index contributed by atoms with van der Waals surface area (Å²) in [7, 11) is 1.57. The van der Waals surface area contributed by atoms with Crippen molar-refractivity contribution in [2.45, 2.75) is 0 Å². The number of nitrogens with two attached hydrogens (primary N) is 1. The lowest BCUT2D eigenvalue weighted by Gasteiger charge is -2.08. The summed E-state index contributed by atoms with van der Waals surface area (Å²) in [6.07, 6.45) is 3.34. The van der Waals surface area contributed by atoms with Gasteiger partial charge in [0.15, 0.2) is 0 Å². The summed E-state index contributed by atoms with van der Waals surface area (Å²) in [5, 5.41) is 0. The van der Waals surface area contributed by atoms with Gasteiger partial charge in [0.1, 0.15) is 17.2 Å². The number of nitrogens with zero attached hydrogens (tertiary/aromatic N) is 1. The Morgan fingerprint density at radius 2 is 1.81 bits per heavy atom. The van der Waals surface area contributed by atoms with E-state index in [1.165, 1.54) is 0 Å². The van der Waals surface area contributed by atoms with Crippen LogP contribution in [0.1, 0.15) is 0 Å². The van der Waals surface area contributed by atoms with Crippen LogP contribution < -0.4 is 15.2 Å². The fraction of sp³-hybridized carbons (Fsp3) is 0.0833. The number of benzene rings is 1. The highest BCUT2D eigenvalue weighted by molar-refractivity contribution is 5.56. The van der Waals surface area contributed by atoms with Crippen molar-refractivity contribution in [1.29, 1.82) is 0 Å². The molecule has 2 N–H and O–H groups in total. The van der Waals surface area contributed by atoms with Gasteiger partial charge in [-0.2, -0.15) is 0 Å². The topological polar surface area (TPSA) is 57.4 Å². The molecule has 4 heteroatoms. The summed E-state index contributed by atoms with van der Waals surface area (Å²) in [6, 6.07) is 8.84. The molecule has 1 aromatic carbocycles. The second-order valence-corrected chi connectivity index (χ2v) is 3.19. The molecular weight excluding hydrogens is 204 g/mol. The Morgan fingerprint density at radius 1 is 1.06 bits per heavy atom. The van der Waals surface area contributed by atoms with Crippen LogP contribution in [0.25, 0.3) is 0 Å². The second kappa shape index (κ2) is 4.53. The van der Waals surface area contributed by atoms with E-state index in [-0.39, 0.29) is 0 Å². The van der Waals surface area contributed by atoms with E-state index in [0.717, 1.165) is 5.75 Å². The third-order valence-corrected chi connectivity index (χ3v) is 2.09. The summed E-state index contributed by atoms with van der Waals surface area (Å²) >= 11 is 0. The van der Waals surface area contributed by atoms with Crippen molar-refractivity contribution >= 4 is 5.69 Å². The molecule has 0 unspecified atom stereocenters. The number of anilines is 1. The van der Waals surface area contributed by atoms with Crippen LogP contribution in [0.5, 0.6) is 17.2 Å². The van der Waals surface area contributed by atoms with Gasteiger partial charge in [-0.25, -0.2) is 0 Å². The molecule has 0 aliphatic rings. The first-order valence-electron chi connectivity index (χ1n) is 4.81. The van der Waals surface area contributed by atoms with E-state index in [2.05, 4.69) is 4.98 Å². The van der Waals surface area contributed by atoms with Crippen molar-refractivity contribution in [3.05, 3.63) is 42.7 Å². The van der Waals surface area contributed by atoms with E-state index in [9.17, 15) is 0 Å². The fourth-order valence-electron chi connectivity index (χ4n) is 1.30. The molecule has 0 saturated carbocycles. The van der Waals surface area contributed by atoms with Crippen molar-refractivity contribution in [3.63, 3.8) is 0 Å². The molecule has 1 aromatic heterocycles. The van der Waals surface area contributed by atoms with Crippen molar-refractivity contribution < 1.29 is 9.47 Å². The second-order valence-electron chi connectivity index (χ2n) is 3.19. The van der Waals surface area contributed by atoms with Crippen molar-refractivity contribution in [1.82, 2.24) is 4.98 Å². The zero-order chi connectivity index (χ0) is 11.4. The average Bonchev–Trinajstić information content (AvgIpc) is 2.33. The van der Waals surface area contributed by atoms with Crippen molar-refractivity contribution in [3.8, 4) is 17.2 Å². The van der Waals surface area contributed by atoms with Crippen LogP contribution in [0.3, 0.4) is 0 Å². The number of nitrogen functional groups attached to an aromatic ring is 1. The predicted octanol–water partition coefficient (Wildman–Crippen LogP) is 2.46. The molecule has 0 spiro atoms. The minimum atomic E-state index is 0.588. The zero-order valence-corrected chi connectivity index (χ0v) is 8.88. The van der Waals surface area contributed by atoms with Gasteiger partial charge in [0.25, 0.3) is 0 Å². The SMILES string of the molecule is COc1cc(Oc2ccncc2)ccc1N. The van der Waals surface area contributed by atoms with Gasteiger partial charge in [-0.15, -0.1) is 0 Å². The van der Waals surface area contributed by atoms with E-state index in [1.54, 1.807) is 49.8 Å². The lowest BCUT2D eigenvalue weighted by atomic mass is 10.3. The average molecular weight is 216 g/mol. The molecule has 0 bridgehead atoms. The number of hydrogen-bond donors (Lipinski definition) is 1. The normalized spacial score (nSPS) is 9.81. The number of aromatic nitrogens is 1. The van der Waals surface area contributed by atoms with E-state index in [1.807, 2.05) is 0 Å². The first-order chi connectivity index (χ1) is 7.79. The smallest absolute Gasteiger partial charge is 0.145 e. The Bertz CT molecular complexity index is 472. The predicted molar refractivity (Wildman–Crippen MR) is 61.7 cm³/mol. The molecular formula is C12H12N2O2. The Labute approximate surface area is 93.6 Å². The van der Waals surface area contributed by atoms with Crippen LogP contribution in [-0.4, -0.2) is 12.1 Å². The minimum Gasteiger partial charge on any atom is -0.494 e. The van der Waals surface area contributed by atoms with Crippen LogP contribution in [0.2, 0.25) is 0 Å². The Kier molecular flexibility index (Phi) is 2.91. The molecule has 4 nitrogen and oxygen atoms in total. The molecule has 82 valence electrons. The molecule has 2 aromatic rings. The van der Waals surface area contributed by atoms with Crippen LogP contribution in [-0.2, 0) is 0 Å². The minimum absolute atomic E-state index is 0.588. The van der Waals surface area contributed by atoms with Crippen molar-refractivity contribution in [2.75, 3.05) is 12.8 Å². The maximum atomic E-state index is 5.70. The van der Waals surface area contributed by atoms with Crippen LogP contribution in [0, 0.1) is 0 Å². The quantitative estimate of drug-likeness (QED) is 0.801. The highest BCUT2D eigenvalue weighted by atomic mass is 16.5. The monoisotopic (exact) mass is 216 g/mol. The molecule has 0 aliphatic carbocycles. The Hall–Kier alpha value is -2.23. The summed E-state index contributed by atoms with van der Waals surface area (Å²) < 4.78 is 10.7. The standard InChI is InChI=1S/C12H12N2O2/c1-15-12-8-10(2-3-11(12)13)16-9-4-6-14-7-5-9/h2-8H,13H2,1H3. The van der Waals surface area contributed by atoms with Crippen LogP contribution in [0.15, 0.2) is 42.7 Å². The molecule has 0 atom stereocenters. The van der Waals surface area contributed by atoms with Gasteiger partial charge < -0.3 is 15.2 Å². The van der Waals surface area contributed by atoms with Gasteiger partial charge in [-0.3, -0.25) is 4.98 Å². The van der Waals surface area contributed by atoms with Gasteiger partial charge in [-0.1, -0.05) is 0 Å². The van der Waals surface area contributed by atoms with Gasteiger partial charge in [-0.05, 0) is 24.3 Å². The zero-order valence-electron chi connectivity index (χ0n) is 8.88. The summed E-state index contributed by atoms with van der Waals surface area (Å²) in [5.74, 6) is 2.01. The molecule has 2 rings (SSSR count). The highest BCUT2D eigenvalue weighted by Gasteiger charge is 2.02. The van der Waals surface area contributed by atoms with Gasteiger partial charge in [0.2, 0.25) is 0 Å². The molecule has 0 radical (unpaired) electrons. The number of hydrogen-bond acceptors (Lipinski definition) is 4. The van der Waals surface area contributed by atoms with E-state index in [4.69, 9.17) is 15.2 Å². The molecule has 0 aliphatic heterocycles. The third-order valence-electron chi connectivity index (χ3n) is 2.09. The molecule has 1 heterocycles. The van der Waals surface area contributed by atoms with Gasteiger partial charge in [0, 0.05) is 18.5 Å². The first-order valence-corrected chi connectivity index (χ1v) is 4.81. The fourth-order valence-corrected chi connectivity index (χ4v) is 1.30. The largest absolute Gasteiger partial charge is 0.494 e. The van der Waals surface area contributed by atoms with Crippen LogP contribution in [0.4, 0.5) is 5.69 Å². The molecule has 0 saturated heterocycles. The Morgan fingerprint density at radius 3 is 2.50 bits per heavy atom. The van der Waals surface area contributed by atoms with E-state index < -0.39 is 0 Å². The highest BCUT2D eigenvalue weighted by Crippen LogP contribution is 2.29. The maximum Gasteiger partial charge on any atom is 0.145 e. The number of methoxy groups -OCH3 is 1. The molecule has 0 fully saturated rings. The molecule has 0 amide bonds. The van der Waals surface area contributed by atoms with Crippen molar-refractivity contribution in [2.24, 2.45) is 0 Å². The first kappa shape index (κ1) is 10.3. The number of pyridine rings is 1. The van der Waals surface area contributed by atoms with Gasteiger partial charge >= 0.3 is 0 Å². The Balaban J connectivity index is 2.22. The lowest BCUT2D eigenvalue weighted by molar-refractivity contribution is 0.411. The summed E-state index contributed by atoms with van der Waals surface area (Å²) in [5.41, 5.74) is 6.29. The van der Waals surface area contributed by atoms with Gasteiger partial charge in [0.05, 0.1) is 12.8 Å². The summed E-state index contributed by atoms with van der Waals surface area (Å²) in [4.78, 5) is 3.91. The summed E-state index contributed by atoms with van der Waals surface area (Å²) in [6.45, 7) is 0. The maximum absolute atomic E-state index is 5.70. The van der Waals surface area contributed by atoms with Crippen LogP contribution >= 0.6 is 0 Å². The van der Waals surface area contributed by atoms with E-state index >= 15 is 0 Å². The number of ether oxygens (including phenoxy) is 2. The lowest BCUT2D eigenvalue weighted by Crippen LogP contribution is -1.93. The molecule has 16 heavy (non-hydrogen) atoms. The van der Waals surface area contributed by atoms with E-state index in [0.29, 0.717) is 17.2 Å². The number of rotatable bonds is 3. The third kappa shape index (κ3) is 2.23.